The average molecular weight is 613 g/mol. The number of amides is 2. The van der Waals surface area contributed by atoms with Crippen LogP contribution in [0, 0.1) is 0 Å². The second kappa shape index (κ2) is 14.8. The predicted molar refractivity (Wildman–Crippen MR) is 167 cm³/mol. The van der Waals surface area contributed by atoms with Crippen LogP contribution in [0.3, 0.4) is 0 Å². The van der Waals surface area contributed by atoms with Crippen molar-refractivity contribution < 1.29 is 22.8 Å². The lowest BCUT2D eigenvalue weighted by molar-refractivity contribution is -0.145. The van der Waals surface area contributed by atoms with Crippen molar-refractivity contribution in [2.24, 2.45) is 0 Å². The van der Waals surface area contributed by atoms with Gasteiger partial charge < -0.3 is 9.80 Å². The van der Waals surface area contributed by atoms with Crippen LogP contribution in [-0.4, -0.2) is 63.7 Å². The molecule has 2 heterocycles. The Morgan fingerprint density at radius 2 is 1.38 bits per heavy atom. The molecular formula is C36H35F3N4O2. The molecule has 0 saturated carbocycles. The van der Waals surface area contributed by atoms with Gasteiger partial charge in [0.2, 0.25) is 11.8 Å². The average Bonchev–Trinajstić information content (AvgIpc) is 3.06. The summed E-state index contributed by atoms with van der Waals surface area (Å²) in [6, 6.07) is 27.2. The Kier molecular flexibility index (Phi) is 10.4. The molecule has 9 heteroatoms. The minimum Gasteiger partial charge on any atom is -0.338 e. The second-order valence-corrected chi connectivity index (χ2v) is 11.1. The van der Waals surface area contributed by atoms with Crippen LogP contribution in [0.5, 0.6) is 0 Å². The first-order chi connectivity index (χ1) is 21.8. The van der Waals surface area contributed by atoms with Crippen molar-refractivity contribution >= 4 is 17.9 Å². The maximum atomic E-state index is 14.3. The second-order valence-electron chi connectivity index (χ2n) is 11.1. The fraction of sp³-hybridized carbons (Fsp3) is 0.250. The Morgan fingerprint density at radius 1 is 0.778 bits per heavy atom. The molecule has 1 fully saturated rings. The van der Waals surface area contributed by atoms with Crippen molar-refractivity contribution in [1.29, 1.82) is 0 Å². The molecule has 2 amide bonds. The molecule has 0 bridgehead atoms. The summed E-state index contributed by atoms with van der Waals surface area (Å²) in [6.07, 6.45) is 1.94. The molecule has 45 heavy (non-hydrogen) atoms. The molecule has 0 aliphatic carbocycles. The topological polar surface area (TPSA) is 56.8 Å². The zero-order valence-corrected chi connectivity index (χ0v) is 24.8. The number of alkyl halides is 3. The number of benzene rings is 3. The highest BCUT2D eigenvalue weighted by atomic mass is 19.4. The van der Waals surface area contributed by atoms with Crippen LogP contribution in [0.4, 0.5) is 13.2 Å². The largest absolute Gasteiger partial charge is 0.416 e. The molecular weight excluding hydrogens is 577 g/mol. The van der Waals surface area contributed by atoms with E-state index < -0.39 is 23.7 Å². The number of halogens is 3. The summed E-state index contributed by atoms with van der Waals surface area (Å²) >= 11 is 0. The van der Waals surface area contributed by atoms with Crippen LogP contribution in [-0.2, 0) is 35.3 Å². The zero-order valence-electron chi connectivity index (χ0n) is 24.8. The third kappa shape index (κ3) is 8.89. The van der Waals surface area contributed by atoms with Crippen LogP contribution < -0.4 is 0 Å². The van der Waals surface area contributed by atoms with E-state index in [9.17, 15) is 22.8 Å². The van der Waals surface area contributed by atoms with Gasteiger partial charge in [0, 0.05) is 64.2 Å². The van der Waals surface area contributed by atoms with Crippen molar-refractivity contribution in [3.63, 3.8) is 0 Å². The molecule has 0 N–H and O–H groups in total. The summed E-state index contributed by atoms with van der Waals surface area (Å²) in [5.74, 6) is -0.549. The third-order valence-corrected chi connectivity index (χ3v) is 7.91. The predicted octanol–water partition coefficient (Wildman–Crippen LogP) is 6.10. The Morgan fingerprint density at radius 3 is 1.98 bits per heavy atom. The molecule has 3 aromatic carbocycles. The molecule has 0 radical (unpaired) electrons. The first kappa shape index (κ1) is 31.7. The van der Waals surface area contributed by atoms with Gasteiger partial charge in [0.25, 0.3) is 0 Å². The van der Waals surface area contributed by atoms with Crippen LogP contribution >= 0.6 is 0 Å². The van der Waals surface area contributed by atoms with Crippen LogP contribution in [0.1, 0.15) is 27.8 Å². The molecule has 0 spiro atoms. The van der Waals surface area contributed by atoms with E-state index in [4.69, 9.17) is 0 Å². The summed E-state index contributed by atoms with van der Waals surface area (Å²) in [6.45, 7) is 3.47. The smallest absolute Gasteiger partial charge is 0.338 e. The summed E-state index contributed by atoms with van der Waals surface area (Å²) in [5, 5.41) is 0. The van der Waals surface area contributed by atoms with Gasteiger partial charge in [0.15, 0.2) is 0 Å². The van der Waals surface area contributed by atoms with Crippen LogP contribution in [0.2, 0.25) is 0 Å². The summed E-state index contributed by atoms with van der Waals surface area (Å²) < 4.78 is 39.1. The molecule has 4 aromatic rings. The fourth-order valence-corrected chi connectivity index (χ4v) is 5.42. The minimum absolute atomic E-state index is 0.136. The van der Waals surface area contributed by atoms with E-state index in [-0.39, 0.29) is 12.5 Å². The Bertz CT molecular complexity index is 1560. The number of piperazine rings is 1. The van der Waals surface area contributed by atoms with Gasteiger partial charge in [-0.15, -0.1) is 0 Å². The van der Waals surface area contributed by atoms with E-state index in [1.165, 1.54) is 29.8 Å². The normalized spacial score (nSPS) is 14.8. The molecule has 6 nitrogen and oxygen atoms in total. The van der Waals surface area contributed by atoms with Gasteiger partial charge in [0.1, 0.15) is 6.04 Å². The first-order valence-electron chi connectivity index (χ1n) is 14.9. The molecule has 1 atom stereocenters. The van der Waals surface area contributed by atoms with E-state index in [0.29, 0.717) is 38.2 Å². The number of pyridine rings is 1. The zero-order chi connectivity index (χ0) is 31.6. The van der Waals surface area contributed by atoms with Crippen LogP contribution in [0.15, 0.2) is 116 Å². The van der Waals surface area contributed by atoms with Crippen molar-refractivity contribution in [2.75, 3.05) is 26.2 Å². The Hall–Kier alpha value is -4.76. The third-order valence-electron chi connectivity index (χ3n) is 7.91. The standard InChI is InChI=1S/C36H35F3N4O2/c37-36(38,39)32-14-11-28(12-15-32)13-16-34(44)43(27-31-17-19-40-20-18-31)33(25-29-7-3-1-4-8-29)35(45)42-23-21-41(22-24-42)26-30-9-5-2-6-10-30/h1-20,33H,21-27H2. The molecule has 1 saturated heterocycles. The maximum absolute atomic E-state index is 14.3. The number of hydrogen-bond donors (Lipinski definition) is 0. The molecule has 1 unspecified atom stereocenters. The van der Waals surface area contributed by atoms with Gasteiger partial charge in [-0.25, -0.2) is 0 Å². The van der Waals surface area contributed by atoms with Gasteiger partial charge >= 0.3 is 6.18 Å². The van der Waals surface area contributed by atoms with Crippen LogP contribution in [0.25, 0.3) is 6.08 Å². The Labute approximate surface area is 261 Å². The highest BCUT2D eigenvalue weighted by Gasteiger charge is 2.34. The summed E-state index contributed by atoms with van der Waals surface area (Å²) in [5.41, 5.74) is 2.62. The molecule has 1 aliphatic heterocycles. The van der Waals surface area contributed by atoms with Crippen molar-refractivity contribution in [1.82, 2.24) is 19.7 Å². The number of rotatable bonds is 10. The summed E-state index contributed by atoms with van der Waals surface area (Å²) in [7, 11) is 0. The van der Waals surface area contributed by atoms with Gasteiger partial charge in [-0.1, -0.05) is 72.8 Å². The molecule has 232 valence electrons. The van der Waals surface area contributed by atoms with Crippen molar-refractivity contribution in [2.45, 2.75) is 31.7 Å². The van der Waals surface area contributed by atoms with Crippen molar-refractivity contribution in [3.05, 3.63) is 143 Å². The lowest BCUT2D eigenvalue weighted by atomic mass is 10.0. The molecule has 5 rings (SSSR count). The van der Waals surface area contributed by atoms with E-state index in [2.05, 4.69) is 22.0 Å². The first-order valence-corrected chi connectivity index (χ1v) is 14.9. The highest BCUT2D eigenvalue weighted by molar-refractivity contribution is 5.95. The van der Waals surface area contributed by atoms with E-state index in [1.54, 1.807) is 29.4 Å². The SMILES string of the molecule is O=C(C(Cc1ccccc1)N(Cc1ccncc1)C(=O)C=Cc1ccc(C(F)(F)F)cc1)N1CCN(Cc2ccccc2)CC1. The van der Waals surface area contributed by atoms with Crippen molar-refractivity contribution in [3.8, 4) is 0 Å². The van der Waals surface area contributed by atoms with Gasteiger partial charge in [0.05, 0.1) is 5.56 Å². The number of carbonyl (C=O) groups excluding carboxylic acids is 2. The minimum atomic E-state index is -4.45. The van der Waals surface area contributed by atoms with Gasteiger partial charge in [-0.05, 0) is 52.6 Å². The highest BCUT2D eigenvalue weighted by Crippen LogP contribution is 2.29. The molecule has 1 aromatic heterocycles. The van der Waals surface area contributed by atoms with Gasteiger partial charge in [-0.3, -0.25) is 19.5 Å². The Balaban J connectivity index is 1.39. The number of carbonyl (C=O) groups is 2. The summed E-state index contributed by atoms with van der Waals surface area (Å²) in [4.78, 5) is 38.0. The lowest BCUT2D eigenvalue weighted by Crippen LogP contribution is -2.56. The quantitative estimate of drug-likeness (QED) is 0.203. The van der Waals surface area contributed by atoms with Gasteiger partial charge in [-0.2, -0.15) is 13.2 Å². The molecule has 1 aliphatic rings. The number of hydrogen-bond acceptors (Lipinski definition) is 4. The van der Waals surface area contributed by atoms with E-state index in [1.807, 2.05) is 53.4 Å². The monoisotopic (exact) mass is 612 g/mol. The number of nitrogens with zero attached hydrogens (tertiary/aromatic N) is 4. The lowest BCUT2D eigenvalue weighted by Gasteiger charge is -2.39. The number of aromatic nitrogens is 1. The van der Waals surface area contributed by atoms with E-state index in [0.717, 1.165) is 29.8 Å². The fourth-order valence-electron chi connectivity index (χ4n) is 5.42. The maximum Gasteiger partial charge on any atom is 0.416 e. The van der Waals surface area contributed by atoms with E-state index >= 15 is 0 Å².